The van der Waals surface area contributed by atoms with Crippen LogP contribution in [0.4, 0.5) is 5.95 Å². The van der Waals surface area contributed by atoms with E-state index in [4.69, 9.17) is 15.2 Å². The van der Waals surface area contributed by atoms with Gasteiger partial charge in [0.25, 0.3) is 5.56 Å². The topological polar surface area (TPSA) is 183 Å². The second-order valence-electron chi connectivity index (χ2n) is 8.37. The lowest BCUT2D eigenvalue weighted by Gasteiger charge is -2.24. The third-order valence-electron chi connectivity index (χ3n) is 5.40. The summed E-state index contributed by atoms with van der Waals surface area (Å²) in [5, 5.41) is 5.55. The highest BCUT2D eigenvalue weighted by molar-refractivity contribution is 7.63. The van der Waals surface area contributed by atoms with Gasteiger partial charge >= 0.3 is 11.9 Å². The number of hydrogen-bond acceptors (Lipinski definition) is 9. The molecule has 0 aliphatic carbocycles. The number of nitrogens with two attached hydrogens (primary N) is 1. The molecule has 3 aromatic rings. The molecule has 0 spiro atoms. The maximum Gasteiger partial charge on any atom is 0.323 e. The maximum absolute atomic E-state index is 13.9. The summed E-state index contributed by atoms with van der Waals surface area (Å²) in [5.41, 5.74) is 7.24. The van der Waals surface area contributed by atoms with Crippen molar-refractivity contribution in [1.82, 2.24) is 29.7 Å². The number of hydrogen-bond donors (Lipinski definition) is 4. The third kappa shape index (κ3) is 7.15. The largest absolute Gasteiger partial charge is 0.465 e. The van der Waals surface area contributed by atoms with Gasteiger partial charge in [-0.05, 0) is 44.9 Å². The number of aromatic nitrogens is 4. The molecule has 0 bridgehead atoms. The summed E-state index contributed by atoms with van der Waals surface area (Å²) in [6, 6.07) is 5.47. The molecule has 2 aromatic heterocycles. The van der Waals surface area contributed by atoms with Crippen LogP contribution in [0.15, 0.2) is 41.2 Å². The fourth-order valence-corrected chi connectivity index (χ4v) is 5.61. The Morgan fingerprint density at radius 3 is 2.34 bits per heavy atom. The second kappa shape index (κ2) is 12.6. The molecule has 0 radical (unpaired) electrons. The molecule has 0 unspecified atom stereocenters. The van der Waals surface area contributed by atoms with E-state index >= 15 is 0 Å². The Hall–Kier alpha value is -3.80. The predicted octanol–water partition coefficient (Wildman–Crippen LogP) is 2.00. The number of ether oxygens (including phenoxy) is 2. The fraction of sp³-hybridized carbons (Fsp3) is 0.375. The molecule has 204 valence electrons. The van der Waals surface area contributed by atoms with Gasteiger partial charge in [0, 0.05) is 5.82 Å². The number of benzene rings is 1. The van der Waals surface area contributed by atoms with Crippen molar-refractivity contribution in [2.24, 2.45) is 0 Å². The first-order chi connectivity index (χ1) is 18.1. The van der Waals surface area contributed by atoms with Gasteiger partial charge in [-0.25, -0.2) is 15.2 Å². The molecular weight excluding hydrogens is 513 g/mol. The molecule has 2 heterocycles. The lowest BCUT2D eigenvalue weighted by atomic mass is 10.1. The minimum atomic E-state index is -3.67. The van der Waals surface area contributed by atoms with Crippen molar-refractivity contribution in [2.45, 2.75) is 46.3 Å². The van der Waals surface area contributed by atoms with Crippen molar-refractivity contribution >= 4 is 42.6 Å². The van der Waals surface area contributed by atoms with Crippen LogP contribution in [0.1, 0.15) is 38.8 Å². The van der Waals surface area contributed by atoms with E-state index in [1.54, 1.807) is 24.5 Å². The molecule has 3 rings (SSSR count). The van der Waals surface area contributed by atoms with E-state index < -0.39 is 37.0 Å². The average Bonchev–Trinajstić information content (AvgIpc) is 3.26. The van der Waals surface area contributed by atoms with Crippen LogP contribution in [0.2, 0.25) is 0 Å². The van der Waals surface area contributed by atoms with Crippen LogP contribution in [-0.4, -0.2) is 56.8 Å². The lowest BCUT2D eigenvalue weighted by molar-refractivity contribution is -0.145. The van der Waals surface area contributed by atoms with E-state index in [1.807, 2.05) is 24.3 Å². The van der Waals surface area contributed by atoms with Crippen LogP contribution >= 0.6 is 7.44 Å². The number of imidazole rings is 1. The Kier molecular flexibility index (Phi) is 9.56. The zero-order valence-corrected chi connectivity index (χ0v) is 22.5. The SMILES string of the molecule is CCOC(=O)[C@H](C)NP(=O)(/C=C/c1ccccc1Cn1cnc2c(=O)[nH]c(N)nc21)N[C@@H](C)C(=O)OCC. The molecule has 14 heteroatoms. The number of nitrogens with zero attached hydrogens (tertiary/aromatic N) is 3. The molecule has 1 aromatic carbocycles. The molecule has 0 saturated heterocycles. The number of esters is 2. The predicted molar refractivity (Wildman–Crippen MR) is 143 cm³/mol. The minimum absolute atomic E-state index is 0.0260. The van der Waals surface area contributed by atoms with E-state index in [2.05, 4.69) is 25.1 Å². The zero-order chi connectivity index (χ0) is 27.9. The molecule has 0 fully saturated rings. The Morgan fingerprint density at radius 1 is 1.13 bits per heavy atom. The van der Waals surface area contributed by atoms with Gasteiger partial charge in [0.1, 0.15) is 12.1 Å². The van der Waals surface area contributed by atoms with Gasteiger partial charge < -0.3 is 19.8 Å². The molecule has 2 atom stereocenters. The third-order valence-corrected chi connectivity index (χ3v) is 7.51. The molecule has 38 heavy (non-hydrogen) atoms. The van der Waals surface area contributed by atoms with Crippen molar-refractivity contribution in [3.8, 4) is 0 Å². The van der Waals surface area contributed by atoms with Crippen LogP contribution < -0.4 is 21.5 Å². The lowest BCUT2D eigenvalue weighted by Crippen LogP contribution is -2.41. The van der Waals surface area contributed by atoms with Gasteiger partial charge in [0.05, 0.1) is 26.1 Å². The number of carbonyl (C=O) groups is 2. The Balaban J connectivity index is 1.93. The summed E-state index contributed by atoms with van der Waals surface area (Å²) < 4.78 is 25.6. The van der Waals surface area contributed by atoms with Gasteiger partial charge in [0.2, 0.25) is 13.4 Å². The van der Waals surface area contributed by atoms with E-state index in [0.717, 1.165) is 5.56 Å². The number of rotatable bonds is 12. The molecule has 0 aliphatic heterocycles. The minimum Gasteiger partial charge on any atom is -0.465 e. The Labute approximate surface area is 219 Å². The quantitative estimate of drug-likeness (QED) is 0.193. The van der Waals surface area contributed by atoms with E-state index in [1.165, 1.54) is 26.0 Å². The molecule has 5 N–H and O–H groups in total. The first kappa shape index (κ1) is 28.8. The number of carbonyl (C=O) groups excluding carboxylic acids is 2. The smallest absolute Gasteiger partial charge is 0.323 e. The highest BCUT2D eigenvalue weighted by Crippen LogP contribution is 2.40. The van der Waals surface area contributed by atoms with Crippen LogP contribution in [0.25, 0.3) is 17.2 Å². The summed E-state index contributed by atoms with van der Waals surface area (Å²) >= 11 is 0. The molecule has 0 saturated carbocycles. The summed E-state index contributed by atoms with van der Waals surface area (Å²) in [6.07, 6.45) is 3.11. The van der Waals surface area contributed by atoms with Crippen molar-refractivity contribution in [2.75, 3.05) is 18.9 Å². The normalized spacial score (nSPS) is 13.5. The standard InChI is InChI=1S/C24H32N7O6P/c1-5-36-22(33)15(3)29-38(35,30-16(4)23(34)37-6-2)12-11-17-9-7-8-10-18(17)13-31-14-26-19-20(31)27-24(25)28-21(19)32/h7-12,14-16H,5-6,13H2,1-4H3,(H2,29,30,35)(H3,25,27,28,32)/b12-11+/t15-,16-/m0/s1. The van der Waals surface area contributed by atoms with Crippen molar-refractivity contribution in [1.29, 1.82) is 0 Å². The molecule has 0 amide bonds. The monoisotopic (exact) mass is 545 g/mol. The Bertz CT molecular complexity index is 1400. The van der Waals surface area contributed by atoms with Crippen molar-refractivity contribution < 1.29 is 23.6 Å². The number of fused-ring (bicyclic) bond motifs is 1. The number of anilines is 1. The van der Waals surface area contributed by atoms with Gasteiger partial charge in [-0.2, -0.15) is 4.98 Å². The average molecular weight is 546 g/mol. The van der Waals surface area contributed by atoms with Gasteiger partial charge in [0.15, 0.2) is 11.2 Å². The summed E-state index contributed by atoms with van der Waals surface area (Å²) in [4.78, 5) is 47.3. The highest BCUT2D eigenvalue weighted by Gasteiger charge is 2.29. The molecule has 13 nitrogen and oxygen atoms in total. The maximum atomic E-state index is 13.9. The second-order valence-corrected chi connectivity index (χ2v) is 10.5. The first-order valence-corrected chi connectivity index (χ1v) is 13.8. The molecule has 0 aliphatic rings. The van der Waals surface area contributed by atoms with Crippen LogP contribution in [0, 0.1) is 0 Å². The van der Waals surface area contributed by atoms with Crippen LogP contribution in [0.3, 0.4) is 0 Å². The fourth-order valence-electron chi connectivity index (χ4n) is 3.63. The summed E-state index contributed by atoms with van der Waals surface area (Å²) in [6.45, 7) is 7.01. The summed E-state index contributed by atoms with van der Waals surface area (Å²) in [5.74, 6) is 0.202. The Morgan fingerprint density at radius 2 is 1.74 bits per heavy atom. The highest BCUT2D eigenvalue weighted by atomic mass is 31.2. The number of nitrogens with one attached hydrogen (secondary N) is 3. The van der Waals surface area contributed by atoms with E-state index in [0.29, 0.717) is 11.2 Å². The number of aromatic amines is 1. The van der Waals surface area contributed by atoms with Crippen LogP contribution in [-0.2, 0) is 30.2 Å². The van der Waals surface area contributed by atoms with Gasteiger partial charge in [-0.15, -0.1) is 0 Å². The van der Waals surface area contributed by atoms with Crippen LogP contribution in [0.5, 0.6) is 0 Å². The van der Waals surface area contributed by atoms with Crippen molar-refractivity contribution in [3.63, 3.8) is 0 Å². The number of H-pyrrole nitrogens is 1. The van der Waals surface area contributed by atoms with Gasteiger partial charge in [-0.1, -0.05) is 24.3 Å². The summed E-state index contributed by atoms with van der Waals surface area (Å²) in [7, 11) is -3.67. The van der Waals surface area contributed by atoms with Crippen molar-refractivity contribution in [3.05, 3.63) is 57.9 Å². The first-order valence-electron chi connectivity index (χ1n) is 12.0. The van der Waals surface area contributed by atoms with Gasteiger partial charge in [-0.3, -0.25) is 23.9 Å². The van der Waals surface area contributed by atoms with E-state index in [9.17, 15) is 18.9 Å². The molecular formula is C24H32N7O6P. The number of nitrogen functional groups attached to an aromatic ring is 1. The zero-order valence-electron chi connectivity index (χ0n) is 21.6. The van der Waals surface area contributed by atoms with E-state index in [-0.39, 0.29) is 31.2 Å².